The summed E-state index contributed by atoms with van der Waals surface area (Å²) < 4.78 is 32.7. The molecule has 2 aliphatic rings. The van der Waals surface area contributed by atoms with E-state index in [1.807, 2.05) is 4.90 Å². The van der Waals surface area contributed by atoms with E-state index in [9.17, 15) is 18.0 Å². The van der Waals surface area contributed by atoms with Gasteiger partial charge in [-0.25, -0.2) is 8.42 Å². The van der Waals surface area contributed by atoms with E-state index in [4.69, 9.17) is 4.74 Å². The van der Waals surface area contributed by atoms with Crippen molar-refractivity contribution >= 4 is 21.8 Å². The van der Waals surface area contributed by atoms with Crippen molar-refractivity contribution < 1.29 is 22.7 Å². The molecule has 0 saturated carbocycles. The summed E-state index contributed by atoms with van der Waals surface area (Å²) in [4.78, 5) is 31.4. The molecule has 3 rings (SSSR count). The summed E-state index contributed by atoms with van der Waals surface area (Å²) in [7, 11) is -0.273. The van der Waals surface area contributed by atoms with Gasteiger partial charge in [-0.05, 0) is 51.1 Å². The molecule has 0 aliphatic carbocycles. The second kappa shape index (κ2) is 9.97. The highest BCUT2D eigenvalue weighted by Gasteiger charge is 2.33. The molecule has 0 aromatic heterocycles. The molecule has 2 heterocycles. The maximum Gasteiger partial charge on any atom is 0.241 e. The minimum Gasteiger partial charge on any atom is -0.497 e. The Labute approximate surface area is 184 Å². The number of carbonyl (C=O) groups is 2. The summed E-state index contributed by atoms with van der Waals surface area (Å²) in [6.45, 7) is 5.72. The van der Waals surface area contributed by atoms with Crippen LogP contribution in [-0.2, 0) is 19.6 Å². The number of carbonyl (C=O) groups excluding carboxylic acids is 2. The minimum atomic E-state index is -3.83. The van der Waals surface area contributed by atoms with Crippen molar-refractivity contribution in [3.8, 4) is 5.75 Å². The van der Waals surface area contributed by atoms with Crippen molar-refractivity contribution in [1.29, 1.82) is 0 Å². The minimum absolute atomic E-state index is 0.0706. The number of amides is 2. The van der Waals surface area contributed by atoms with Crippen molar-refractivity contribution in [2.24, 2.45) is 5.92 Å². The number of nitrogens with one attached hydrogen (secondary N) is 1. The molecular weight excluding hydrogens is 420 g/mol. The van der Waals surface area contributed by atoms with Gasteiger partial charge in [0.15, 0.2) is 0 Å². The number of hydrogen-bond acceptors (Lipinski definition) is 6. The van der Waals surface area contributed by atoms with Gasteiger partial charge in [-0.2, -0.15) is 4.72 Å². The quantitative estimate of drug-likeness (QED) is 0.670. The molecule has 1 aromatic rings. The van der Waals surface area contributed by atoms with E-state index in [0.29, 0.717) is 31.7 Å². The Bertz CT molecular complexity index is 874. The molecule has 10 heteroatoms. The fourth-order valence-electron chi connectivity index (χ4n) is 4.01. The predicted molar refractivity (Wildman–Crippen MR) is 116 cm³/mol. The zero-order chi connectivity index (χ0) is 22.6. The summed E-state index contributed by atoms with van der Waals surface area (Å²) in [5, 5.41) is 0. The third-order valence-corrected chi connectivity index (χ3v) is 7.60. The van der Waals surface area contributed by atoms with Gasteiger partial charge in [0.05, 0.1) is 18.0 Å². The molecule has 0 unspecified atom stereocenters. The second-order valence-electron chi connectivity index (χ2n) is 8.25. The lowest BCUT2D eigenvalue weighted by Gasteiger charge is -2.38. The number of ether oxygens (including phenoxy) is 1. The normalized spacial score (nSPS) is 19.8. The number of piperidine rings is 1. The zero-order valence-corrected chi connectivity index (χ0v) is 19.2. The smallest absolute Gasteiger partial charge is 0.241 e. The van der Waals surface area contributed by atoms with E-state index in [0.717, 1.165) is 26.2 Å². The highest BCUT2D eigenvalue weighted by Crippen LogP contribution is 2.22. The summed E-state index contributed by atoms with van der Waals surface area (Å²) in [5.41, 5.74) is 0. The van der Waals surface area contributed by atoms with Gasteiger partial charge in [-0.3, -0.25) is 9.59 Å². The molecule has 0 spiro atoms. The van der Waals surface area contributed by atoms with Crippen molar-refractivity contribution in [3.05, 3.63) is 24.3 Å². The first kappa shape index (κ1) is 23.5. The number of nitrogens with zero attached hydrogens (tertiary/aromatic N) is 3. The number of hydrogen-bond donors (Lipinski definition) is 1. The van der Waals surface area contributed by atoms with Crippen LogP contribution in [0, 0.1) is 5.92 Å². The van der Waals surface area contributed by atoms with E-state index < -0.39 is 16.1 Å². The van der Waals surface area contributed by atoms with Gasteiger partial charge >= 0.3 is 0 Å². The highest BCUT2D eigenvalue weighted by atomic mass is 32.2. The molecule has 2 saturated heterocycles. The topological polar surface area (TPSA) is 99.3 Å². The van der Waals surface area contributed by atoms with Gasteiger partial charge in [0.2, 0.25) is 21.8 Å². The number of methoxy groups -OCH3 is 1. The first-order valence-corrected chi connectivity index (χ1v) is 12.1. The van der Waals surface area contributed by atoms with E-state index >= 15 is 0 Å². The monoisotopic (exact) mass is 452 g/mol. The number of piperazine rings is 1. The molecule has 9 nitrogen and oxygen atoms in total. The van der Waals surface area contributed by atoms with Crippen LogP contribution in [0.1, 0.15) is 19.8 Å². The van der Waals surface area contributed by atoms with Gasteiger partial charge in [0.1, 0.15) is 5.75 Å². The van der Waals surface area contributed by atoms with Crippen LogP contribution < -0.4 is 9.46 Å². The Balaban J connectivity index is 1.52. The lowest BCUT2D eigenvalue weighted by molar-refractivity contribution is -0.142. The zero-order valence-electron chi connectivity index (χ0n) is 18.4. The van der Waals surface area contributed by atoms with E-state index in [-0.39, 0.29) is 22.6 Å². The van der Waals surface area contributed by atoms with E-state index in [1.54, 1.807) is 24.0 Å². The standard InChI is InChI=1S/C21H32N4O5S/c1-16(22-31(28,29)19-6-4-18(30-3)5-7-19)20(26)24-10-8-17(9-11-24)21(27)25-14-12-23(2)13-15-25/h4-7,16-17,22H,8-15H2,1-3H3/t16-/m0/s1. The van der Waals surface area contributed by atoms with Crippen molar-refractivity contribution in [3.63, 3.8) is 0 Å². The number of rotatable bonds is 6. The number of sulfonamides is 1. The lowest BCUT2D eigenvalue weighted by Crippen LogP contribution is -2.52. The molecule has 31 heavy (non-hydrogen) atoms. The third-order valence-electron chi connectivity index (χ3n) is 6.04. The van der Waals surface area contributed by atoms with Gasteiger partial charge in [-0.1, -0.05) is 0 Å². The fourth-order valence-corrected chi connectivity index (χ4v) is 5.21. The molecule has 1 aromatic carbocycles. The maximum absolute atomic E-state index is 12.8. The van der Waals surface area contributed by atoms with E-state index in [2.05, 4.69) is 16.7 Å². The Morgan fingerprint density at radius 2 is 1.58 bits per heavy atom. The van der Waals surface area contributed by atoms with Crippen LogP contribution in [0.4, 0.5) is 0 Å². The summed E-state index contributed by atoms with van der Waals surface area (Å²) in [6, 6.07) is 5.10. The molecular formula is C21H32N4O5S. The largest absolute Gasteiger partial charge is 0.497 e. The molecule has 2 aliphatic heterocycles. The lowest BCUT2D eigenvalue weighted by atomic mass is 9.94. The summed E-state index contributed by atoms with van der Waals surface area (Å²) in [5.74, 6) is 0.381. The average Bonchev–Trinajstić information content (AvgIpc) is 2.78. The molecule has 172 valence electrons. The van der Waals surface area contributed by atoms with Crippen molar-refractivity contribution in [2.75, 3.05) is 53.4 Å². The summed E-state index contributed by atoms with van der Waals surface area (Å²) >= 11 is 0. The molecule has 1 atom stereocenters. The predicted octanol–water partition coefficient (Wildman–Crippen LogP) is 0.375. The molecule has 0 radical (unpaired) electrons. The Morgan fingerprint density at radius 1 is 1.00 bits per heavy atom. The second-order valence-corrected chi connectivity index (χ2v) is 9.96. The van der Waals surface area contributed by atoms with Crippen LogP contribution in [0.25, 0.3) is 0 Å². The molecule has 0 bridgehead atoms. The van der Waals surface area contributed by atoms with Crippen molar-refractivity contribution in [1.82, 2.24) is 19.4 Å². The van der Waals surface area contributed by atoms with Crippen LogP contribution in [0.15, 0.2) is 29.2 Å². The third kappa shape index (κ3) is 5.75. The Kier molecular flexibility index (Phi) is 7.55. The van der Waals surface area contributed by atoms with Gasteiger partial charge in [0, 0.05) is 45.2 Å². The maximum atomic E-state index is 12.8. The van der Waals surface area contributed by atoms with Crippen LogP contribution in [-0.4, -0.2) is 94.4 Å². The highest BCUT2D eigenvalue weighted by molar-refractivity contribution is 7.89. The summed E-state index contributed by atoms with van der Waals surface area (Å²) in [6.07, 6.45) is 1.21. The number of likely N-dealkylation sites (N-methyl/N-ethyl adjacent to an activating group) is 1. The average molecular weight is 453 g/mol. The van der Waals surface area contributed by atoms with Crippen LogP contribution in [0.5, 0.6) is 5.75 Å². The van der Waals surface area contributed by atoms with Crippen LogP contribution >= 0.6 is 0 Å². The van der Waals surface area contributed by atoms with Gasteiger partial charge < -0.3 is 19.4 Å². The van der Waals surface area contributed by atoms with Crippen LogP contribution in [0.2, 0.25) is 0 Å². The number of likely N-dealkylation sites (tertiary alicyclic amines) is 1. The van der Waals surface area contributed by atoms with Crippen molar-refractivity contribution in [2.45, 2.75) is 30.7 Å². The van der Waals surface area contributed by atoms with E-state index in [1.165, 1.54) is 19.2 Å². The molecule has 2 fully saturated rings. The molecule has 2 amide bonds. The SMILES string of the molecule is COc1ccc(S(=O)(=O)N[C@@H](C)C(=O)N2CCC(C(=O)N3CCN(C)CC3)CC2)cc1. The Hall–Kier alpha value is -2.17. The fraction of sp³-hybridized carbons (Fsp3) is 0.619. The Morgan fingerprint density at radius 3 is 2.13 bits per heavy atom. The van der Waals surface area contributed by atoms with Gasteiger partial charge in [-0.15, -0.1) is 0 Å². The number of benzene rings is 1. The van der Waals surface area contributed by atoms with Crippen LogP contribution in [0.3, 0.4) is 0 Å². The molecule has 1 N–H and O–H groups in total. The first-order chi connectivity index (χ1) is 14.7. The first-order valence-electron chi connectivity index (χ1n) is 10.6. The van der Waals surface area contributed by atoms with Gasteiger partial charge in [0.25, 0.3) is 0 Å².